The van der Waals surface area contributed by atoms with E-state index < -0.39 is 0 Å². The Hall–Kier alpha value is -0.220. The molecule has 4 heteroatoms. The summed E-state index contributed by atoms with van der Waals surface area (Å²) in [6.07, 6.45) is 1.11. The van der Waals surface area contributed by atoms with E-state index in [-0.39, 0.29) is 0 Å². The average molecular weight is 352 g/mol. The first-order valence-corrected chi connectivity index (χ1v) is 7.15. The maximum atomic E-state index is 5.75. The SMILES string of the molecule is CCC(CBr)COc1ccc(OC)cc1Br. The second-order valence-electron chi connectivity index (χ2n) is 3.54. The molecule has 0 fully saturated rings. The molecule has 1 aromatic rings. The normalized spacial score (nSPS) is 12.2. The van der Waals surface area contributed by atoms with Gasteiger partial charge in [0.25, 0.3) is 0 Å². The van der Waals surface area contributed by atoms with Crippen molar-refractivity contribution in [2.24, 2.45) is 5.92 Å². The van der Waals surface area contributed by atoms with E-state index in [1.165, 1.54) is 0 Å². The van der Waals surface area contributed by atoms with Gasteiger partial charge < -0.3 is 9.47 Å². The first-order chi connectivity index (χ1) is 7.71. The van der Waals surface area contributed by atoms with Crippen LogP contribution in [0.15, 0.2) is 22.7 Å². The highest BCUT2D eigenvalue weighted by Gasteiger charge is 2.08. The van der Waals surface area contributed by atoms with Gasteiger partial charge in [0.15, 0.2) is 0 Å². The third kappa shape index (κ3) is 3.98. The first-order valence-electron chi connectivity index (χ1n) is 5.23. The van der Waals surface area contributed by atoms with Gasteiger partial charge in [-0.05, 0) is 40.5 Å². The van der Waals surface area contributed by atoms with Crippen molar-refractivity contribution in [3.8, 4) is 11.5 Å². The Morgan fingerprint density at radius 1 is 1.38 bits per heavy atom. The maximum absolute atomic E-state index is 5.75. The molecule has 1 unspecified atom stereocenters. The Balaban J connectivity index is 2.60. The molecule has 0 aromatic heterocycles. The van der Waals surface area contributed by atoms with Gasteiger partial charge in [-0.15, -0.1) is 0 Å². The number of hydrogen-bond donors (Lipinski definition) is 0. The van der Waals surface area contributed by atoms with Crippen molar-refractivity contribution >= 4 is 31.9 Å². The van der Waals surface area contributed by atoms with Crippen LogP contribution < -0.4 is 9.47 Å². The zero-order chi connectivity index (χ0) is 12.0. The molecule has 90 valence electrons. The van der Waals surface area contributed by atoms with E-state index in [1.54, 1.807) is 7.11 Å². The van der Waals surface area contributed by atoms with Crippen LogP contribution in [0.25, 0.3) is 0 Å². The van der Waals surface area contributed by atoms with Gasteiger partial charge in [-0.3, -0.25) is 0 Å². The van der Waals surface area contributed by atoms with E-state index in [1.807, 2.05) is 18.2 Å². The molecule has 0 aliphatic carbocycles. The molecule has 1 rings (SSSR count). The lowest BCUT2D eigenvalue weighted by Crippen LogP contribution is -2.12. The molecule has 2 nitrogen and oxygen atoms in total. The lowest BCUT2D eigenvalue weighted by Gasteiger charge is -2.14. The molecule has 0 aliphatic heterocycles. The number of benzene rings is 1. The molecule has 0 bridgehead atoms. The number of rotatable bonds is 6. The summed E-state index contributed by atoms with van der Waals surface area (Å²) in [6.45, 7) is 2.89. The summed E-state index contributed by atoms with van der Waals surface area (Å²) in [5.41, 5.74) is 0. The van der Waals surface area contributed by atoms with Crippen LogP contribution in [0.3, 0.4) is 0 Å². The third-order valence-electron chi connectivity index (χ3n) is 2.41. The molecular formula is C12H16Br2O2. The van der Waals surface area contributed by atoms with Gasteiger partial charge in [0.2, 0.25) is 0 Å². The number of halogens is 2. The lowest BCUT2D eigenvalue weighted by atomic mass is 10.1. The van der Waals surface area contributed by atoms with Gasteiger partial charge in [0.1, 0.15) is 11.5 Å². The van der Waals surface area contributed by atoms with Gasteiger partial charge in [-0.25, -0.2) is 0 Å². The van der Waals surface area contributed by atoms with Crippen LogP contribution in [-0.4, -0.2) is 19.0 Å². The van der Waals surface area contributed by atoms with Crippen molar-refractivity contribution in [1.29, 1.82) is 0 Å². The molecule has 0 heterocycles. The number of alkyl halides is 1. The van der Waals surface area contributed by atoms with Gasteiger partial charge >= 0.3 is 0 Å². The fourth-order valence-corrected chi connectivity index (χ4v) is 2.32. The largest absolute Gasteiger partial charge is 0.497 e. The lowest BCUT2D eigenvalue weighted by molar-refractivity contribution is 0.258. The average Bonchev–Trinajstić information content (AvgIpc) is 2.32. The minimum absolute atomic E-state index is 0.550. The van der Waals surface area contributed by atoms with E-state index in [2.05, 4.69) is 38.8 Å². The van der Waals surface area contributed by atoms with Crippen molar-refractivity contribution in [1.82, 2.24) is 0 Å². The van der Waals surface area contributed by atoms with Crippen LogP contribution >= 0.6 is 31.9 Å². The molecule has 1 atom stereocenters. The summed E-state index contributed by atoms with van der Waals surface area (Å²) in [7, 11) is 1.65. The van der Waals surface area contributed by atoms with E-state index >= 15 is 0 Å². The van der Waals surface area contributed by atoms with Crippen molar-refractivity contribution in [3.05, 3.63) is 22.7 Å². The molecule has 0 N–H and O–H groups in total. The van der Waals surface area contributed by atoms with E-state index in [0.29, 0.717) is 5.92 Å². The van der Waals surface area contributed by atoms with Crippen LogP contribution in [-0.2, 0) is 0 Å². The Bertz CT molecular complexity index is 325. The van der Waals surface area contributed by atoms with E-state index in [4.69, 9.17) is 9.47 Å². The Morgan fingerprint density at radius 3 is 2.62 bits per heavy atom. The standard InChI is InChI=1S/C12H16Br2O2/c1-3-9(7-13)8-16-12-5-4-10(15-2)6-11(12)14/h4-6,9H,3,7-8H2,1-2H3. The molecule has 16 heavy (non-hydrogen) atoms. The third-order valence-corrected chi connectivity index (χ3v) is 3.94. The number of methoxy groups -OCH3 is 1. The number of hydrogen-bond acceptors (Lipinski definition) is 2. The van der Waals surface area contributed by atoms with Crippen LogP contribution in [0.5, 0.6) is 11.5 Å². The van der Waals surface area contributed by atoms with E-state index in [0.717, 1.165) is 34.3 Å². The highest BCUT2D eigenvalue weighted by atomic mass is 79.9. The fraction of sp³-hybridized carbons (Fsp3) is 0.500. The van der Waals surface area contributed by atoms with Crippen molar-refractivity contribution in [2.75, 3.05) is 19.0 Å². The van der Waals surface area contributed by atoms with Crippen molar-refractivity contribution < 1.29 is 9.47 Å². The minimum Gasteiger partial charge on any atom is -0.497 e. The summed E-state index contributed by atoms with van der Waals surface area (Å²) in [6, 6.07) is 5.73. The topological polar surface area (TPSA) is 18.5 Å². The van der Waals surface area contributed by atoms with Crippen LogP contribution in [0, 0.1) is 5.92 Å². The highest BCUT2D eigenvalue weighted by Crippen LogP contribution is 2.29. The predicted molar refractivity (Wildman–Crippen MR) is 73.8 cm³/mol. The summed E-state index contributed by atoms with van der Waals surface area (Å²) in [5, 5.41) is 0.970. The second-order valence-corrected chi connectivity index (χ2v) is 5.04. The second kappa shape index (κ2) is 7.17. The van der Waals surface area contributed by atoms with Crippen molar-refractivity contribution in [2.45, 2.75) is 13.3 Å². The van der Waals surface area contributed by atoms with Crippen molar-refractivity contribution in [3.63, 3.8) is 0 Å². The number of ether oxygens (including phenoxy) is 2. The van der Waals surface area contributed by atoms with E-state index in [9.17, 15) is 0 Å². The Morgan fingerprint density at radius 2 is 2.12 bits per heavy atom. The smallest absolute Gasteiger partial charge is 0.133 e. The zero-order valence-electron chi connectivity index (χ0n) is 9.50. The van der Waals surface area contributed by atoms with Gasteiger partial charge in [0.05, 0.1) is 18.2 Å². The van der Waals surface area contributed by atoms with Crippen LogP contribution in [0.4, 0.5) is 0 Å². The van der Waals surface area contributed by atoms with Gasteiger partial charge in [-0.1, -0.05) is 22.9 Å². The highest BCUT2D eigenvalue weighted by molar-refractivity contribution is 9.10. The first kappa shape index (κ1) is 13.8. The Labute approximate surface area is 114 Å². The molecule has 0 aliphatic rings. The quantitative estimate of drug-likeness (QED) is 0.713. The molecule has 0 amide bonds. The van der Waals surface area contributed by atoms with Gasteiger partial charge in [0, 0.05) is 11.2 Å². The monoisotopic (exact) mass is 350 g/mol. The molecule has 0 saturated heterocycles. The summed E-state index contributed by atoms with van der Waals surface area (Å²) in [4.78, 5) is 0. The fourth-order valence-electron chi connectivity index (χ4n) is 1.20. The molecule has 1 aromatic carbocycles. The molecule has 0 saturated carbocycles. The zero-order valence-corrected chi connectivity index (χ0v) is 12.7. The summed E-state index contributed by atoms with van der Waals surface area (Å²) < 4.78 is 11.8. The Kier molecular flexibility index (Phi) is 6.21. The molecule has 0 radical (unpaired) electrons. The maximum Gasteiger partial charge on any atom is 0.133 e. The van der Waals surface area contributed by atoms with Crippen LogP contribution in [0.2, 0.25) is 0 Å². The van der Waals surface area contributed by atoms with Crippen LogP contribution in [0.1, 0.15) is 13.3 Å². The molecule has 0 spiro atoms. The van der Waals surface area contributed by atoms with Gasteiger partial charge in [-0.2, -0.15) is 0 Å². The summed E-state index contributed by atoms with van der Waals surface area (Å²) >= 11 is 6.94. The summed E-state index contributed by atoms with van der Waals surface area (Å²) in [5.74, 6) is 2.24. The predicted octanol–water partition coefficient (Wildman–Crippen LogP) is 4.26. The molecular weight excluding hydrogens is 336 g/mol. The minimum atomic E-state index is 0.550.